The number of aryl methyl sites for hydroxylation is 2. The first-order chi connectivity index (χ1) is 15.0. The maximum absolute atomic E-state index is 13.3. The molecule has 3 heterocycles. The fraction of sp³-hybridized carbons (Fsp3) is 0.273. The summed E-state index contributed by atoms with van der Waals surface area (Å²) in [4.78, 5) is 29.7. The SMILES string of the molecule is Cc1ccnc(Nc2cc(N3CCN(C(=O)Nc4cccc(F)c4)CC3)nc(C)n2)c1. The van der Waals surface area contributed by atoms with Crippen LogP contribution in [0.2, 0.25) is 0 Å². The largest absolute Gasteiger partial charge is 0.353 e. The molecular formula is C22H24FN7O. The molecule has 160 valence electrons. The number of urea groups is 1. The summed E-state index contributed by atoms with van der Waals surface area (Å²) in [5.41, 5.74) is 1.55. The predicted octanol–water partition coefficient (Wildman–Crippen LogP) is 3.73. The molecule has 3 aromatic rings. The summed E-state index contributed by atoms with van der Waals surface area (Å²) in [6.45, 7) is 6.19. The Hall–Kier alpha value is -3.75. The normalized spacial score (nSPS) is 13.8. The molecule has 31 heavy (non-hydrogen) atoms. The number of hydrogen-bond donors (Lipinski definition) is 2. The van der Waals surface area contributed by atoms with Gasteiger partial charge in [-0.05, 0) is 49.7 Å². The maximum atomic E-state index is 13.3. The smallest absolute Gasteiger partial charge is 0.321 e. The van der Waals surface area contributed by atoms with E-state index >= 15 is 0 Å². The molecule has 1 aromatic carbocycles. The highest BCUT2D eigenvalue weighted by molar-refractivity contribution is 5.89. The molecule has 4 rings (SSSR count). The van der Waals surface area contributed by atoms with E-state index in [-0.39, 0.29) is 11.8 Å². The summed E-state index contributed by atoms with van der Waals surface area (Å²) in [6, 6.07) is 11.4. The second kappa shape index (κ2) is 8.95. The number of rotatable bonds is 4. The number of anilines is 4. The number of carbonyl (C=O) groups excluding carboxylic acids is 1. The van der Waals surface area contributed by atoms with Crippen molar-refractivity contribution in [3.63, 3.8) is 0 Å². The number of hydrogen-bond acceptors (Lipinski definition) is 6. The van der Waals surface area contributed by atoms with Crippen molar-refractivity contribution < 1.29 is 9.18 Å². The van der Waals surface area contributed by atoms with Crippen molar-refractivity contribution in [1.29, 1.82) is 0 Å². The summed E-state index contributed by atoms with van der Waals surface area (Å²) >= 11 is 0. The third kappa shape index (κ3) is 5.25. The van der Waals surface area contributed by atoms with Crippen LogP contribution in [0.4, 0.5) is 32.3 Å². The first-order valence-electron chi connectivity index (χ1n) is 10.1. The van der Waals surface area contributed by atoms with Gasteiger partial charge in [0, 0.05) is 44.1 Å². The number of nitrogens with zero attached hydrogens (tertiary/aromatic N) is 5. The molecule has 1 fully saturated rings. The van der Waals surface area contributed by atoms with Crippen molar-refractivity contribution in [3.05, 3.63) is 65.9 Å². The predicted molar refractivity (Wildman–Crippen MR) is 118 cm³/mol. The van der Waals surface area contributed by atoms with Crippen molar-refractivity contribution in [2.45, 2.75) is 13.8 Å². The van der Waals surface area contributed by atoms with Gasteiger partial charge in [-0.2, -0.15) is 0 Å². The minimum absolute atomic E-state index is 0.239. The molecule has 2 N–H and O–H groups in total. The van der Waals surface area contributed by atoms with Gasteiger partial charge in [0.15, 0.2) is 0 Å². The van der Waals surface area contributed by atoms with Crippen LogP contribution in [0.1, 0.15) is 11.4 Å². The number of pyridine rings is 1. The van der Waals surface area contributed by atoms with Crippen LogP contribution in [0.3, 0.4) is 0 Å². The topological polar surface area (TPSA) is 86.3 Å². The lowest BCUT2D eigenvalue weighted by atomic mass is 10.3. The summed E-state index contributed by atoms with van der Waals surface area (Å²) in [5, 5.41) is 5.97. The van der Waals surface area contributed by atoms with Crippen LogP contribution in [-0.4, -0.2) is 52.1 Å². The molecule has 1 saturated heterocycles. The lowest BCUT2D eigenvalue weighted by molar-refractivity contribution is 0.208. The number of halogens is 1. The molecule has 2 amide bonds. The van der Waals surface area contributed by atoms with Crippen molar-refractivity contribution >= 4 is 29.2 Å². The monoisotopic (exact) mass is 421 g/mol. The summed E-state index contributed by atoms with van der Waals surface area (Å²) < 4.78 is 13.3. The Balaban J connectivity index is 1.39. The Morgan fingerprint density at radius 3 is 2.55 bits per heavy atom. The average Bonchev–Trinajstić information content (AvgIpc) is 2.73. The number of aromatic nitrogens is 3. The van der Waals surface area contributed by atoms with Crippen molar-refractivity contribution in [1.82, 2.24) is 19.9 Å². The fourth-order valence-corrected chi connectivity index (χ4v) is 3.42. The first kappa shape index (κ1) is 20.5. The van der Waals surface area contributed by atoms with Gasteiger partial charge in [0.1, 0.15) is 29.1 Å². The molecule has 0 spiro atoms. The van der Waals surface area contributed by atoms with E-state index in [4.69, 9.17) is 0 Å². The lowest BCUT2D eigenvalue weighted by Crippen LogP contribution is -2.50. The third-order valence-corrected chi connectivity index (χ3v) is 4.96. The zero-order chi connectivity index (χ0) is 21.8. The second-order valence-electron chi connectivity index (χ2n) is 7.42. The third-order valence-electron chi connectivity index (χ3n) is 4.96. The van der Waals surface area contributed by atoms with Crippen LogP contribution in [-0.2, 0) is 0 Å². The van der Waals surface area contributed by atoms with E-state index in [2.05, 4.69) is 30.5 Å². The molecule has 1 aliphatic heterocycles. The van der Waals surface area contributed by atoms with Crippen LogP contribution in [0.15, 0.2) is 48.7 Å². The Kier molecular flexibility index (Phi) is 5.92. The Morgan fingerprint density at radius 1 is 1.00 bits per heavy atom. The van der Waals surface area contributed by atoms with E-state index in [1.54, 1.807) is 23.2 Å². The summed E-state index contributed by atoms with van der Waals surface area (Å²) in [7, 11) is 0. The van der Waals surface area contributed by atoms with Gasteiger partial charge in [-0.15, -0.1) is 0 Å². The number of benzene rings is 1. The zero-order valence-corrected chi connectivity index (χ0v) is 17.5. The van der Waals surface area contributed by atoms with Crippen molar-refractivity contribution in [3.8, 4) is 0 Å². The van der Waals surface area contributed by atoms with Crippen molar-refractivity contribution in [2.75, 3.05) is 41.7 Å². The van der Waals surface area contributed by atoms with Crippen LogP contribution >= 0.6 is 0 Å². The molecule has 2 aromatic heterocycles. The van der Waals surface area contributed by atoms with Gasteiger partial charge in [0.05, 0.1) is 0 Å². The van der Waals surface area contributed by atoms with Crippen LogP contribution in [0, 0.1) is 19.7 Å². The highest BCUT2D eigenvalue weighted by Gasteiger charge is 2.22. The van der Waals surface area contributed by atoms with Crippen molar-refractivity contribution in [2.24, 2.45) is 0 Å². The quantitative estimate of drug-likeness (QED) is 0.668. The minimum Gasteiger partial charge on any atom is -0.353 e. The van der Waals surface area contributed by atoms with E-state index in [9.17, 15) is 9.18 Å². The number of amides is 2. The molecule has 0 unspecified atom stereocenters. The van der Waals surface area contributed by atoms with Gasteiger partial charge in [-0.3, -0.25) is 0 Å². The standard InChI is InChI=1S/C22H24FN7O/c1-15-6-7-24-19(12-15)28-20-14-21(26-16(2)25-20)29-8-10-30(11-9-29)22(31)27-18-5-3-4-17(23)13-18/h3-7,12-14H,8-11H2,1-2H3,(H,27,31)(H,24,25,26,28). The summed E-state index contributed by atoms with van der Waals surface area (Å²) in [5.74, 6) is 2.47. The molecule has 9 heteroatoms. The van der Waals surface area contributed by atoms with Crippen LogP contribution < -0.4 is 15.5 Å². The highest BCUT2D eigenvalue weighted by atomic mass is 19.1. The molecule has 0 aliphatic carbocycles. The second-order valence-corrected chi connectivity index (χ2v) is 7.42. The van der Waals surface area contributed by atoms with E-state index in [1.165, 1.54) is 12.1 Å². The molecular weight excluding hydrogens is 397 g/mol. The Bertz CT molecular complexity index is 1080. The molecule has 0 atom stereocenters. The number of piperazine rings is 1. The zero-order valence-electron chi connectivity index (χ0n) is 17.5. The van der Waals surface area contributed by atoms with E-state index in [0.29, 0.717) is 43.5 Å². The molecule has 0 bridgehead atoms. The highest BCUT2D eigenvalue weighted by Crippen LogP contribution is 2.21. The van der Waals surface area contributed by atoms with Gasteiger partial charge >= 0.3 is 6.03 Å². The van der Waals surface area contributed by atoms with Gasteiger partial charge in [-0.1, -0.05) is 6.07 Å². The molecule has 0 saturated carbocycles. The summed E-state index contributed by atoms with van der Waals surface area (Å²) in [6.07, 6.45) is 1.75. The Morgan fingerprint density at radius 2 is 1.81 bits per heavy atom. The van der Waals surface area contributed by atoms with Gasteiger partial charge in [0.25, 0.3) is 0 Å². The molecule has 0 radical (unpaired) electrons. The lowest BCUT2D eigenvalue weighted by Gasteiger charge is -2.35. The van der Waals surface area contributed by atoms with E-state index < -0.39 is 0 Å². The van der Waals surface area contributed by atoms with E-state index in [1.807, 2.05) is 32.0 Å². The Labute approximate surface area is 180 Å². The van der Waals surface area contributed by atoms with E-state index in [0.717, 1.165) is 17.2 Å². The van der Waals surface area contributed by atoms with Gasteiger partial charge in [0.2, 0.25) is 0 Å². The van der Waals surface area contributed by atoms with Gasteiger partial charge in [-0.25, -0.2) is 24.1 Å². The fourth-order valence-electron chi connectivity index (χ4n) is 3.42. The number of carbonyl (C=O) groups is 1. The molecule has 1 aliphatic rings. The number of nitrogens with one attached hydrogen (secondary N) is 2. The molecule has 8 nitrogen and oxygen atoms in total. The average molecular weight is 421 g/mol. The van der Waals surface area contributed by atoms with Crippen LogP contribution in [0.25, 0.3) is 0 Å². The first-order valence-corrected chi connectivity index (χ1v) is 10.1. The maximum Gasteiger partial charge on any atom is 0.321 e. The van der Waals surface area contributed by atoms with Gasteiger partial charge < -0.3 is 20.4 Å². The minimum atomic E-state index is -0.382. The van der Waals surface area contributed by atoms with Crippen LogP contribution in [0.5, 0.6) is 0 Å².